The first kappa shape index (κ1) is 20.6. The van der Waals surface area contributed by atoms with Crippen molar-refractivity contribution in [3.8, 4) is 11.8 Å². The number of rotatable bonds is 8. The van der Waals surface area contributed by atoms with Crippen LogP contribution in [0, 0.1) is 11.3 Å². The number of hydrogen-bond acceptors (Lipinski definition) is 6. The van der Waals surface area contributed by atoms with Crippen LogP contribution in [0.25, 0.3) is 10.9 Å². The largest absolute Gasteiger partial charge is 0.494 e. The predicted octanol–water partition coefficient (Wildman–Crippen LogP) is 0.386. The molecule has 0 saturated carbocycles. The highest BCUT2D eigenvalue weighted by Crippen LogP contribution is 2.23. The maximum atomic E-state index is 12.7. The summed E-state index contributed by atoms with van der Waals surface area (Å²) >= 11 is 0. The molecule has 8 nitrogen and oxygen atoms in total. The molecule has 1 aliphatic heterocycles. The van der Waals surface area contributed by atoms with Gasteiger partial charge >= 0.3 is 0 Å². The summed E-state index contributed by atoms with van der Waals surface area (Å²) in [7, 11) is 1.89. The average molecular weight is 393 g/mol. The van der Waals surface area contributed by atoms with E-state index in [1.54, 1.807) is 18.3 Å². The Morgan fingerprint density at radius 2 is 2.24 bits per heavy atom. The fraction of sp³-hybridized carbons (Fsp3) is 0.400. The molecule has 0 radical (unpaired) electrons. The van der Waals surface area contributed by atoms with Gasteiger partial charge in [-0.3, -0.25) is 14.6 Å². The molecule has 9 heteroatoms. The van der Waals surface area contributed by atoms with E-state index in [2.05, 4.69) is 21.6 Å². The Bertz CT molecular complexity index is 930. The fourth-order valence-electron chi connectivity index (χ4n) is 3.40. The van der Waals surface area contributed by atoms with Crippen molar-refractivity contribution in [2.75, 3.05) is 26.2 Å². The van der Waals surface area contributed by atoms with Crippen LogP contribution in [0.3, 0.4) is 0 Å². The molecule has 0 aliphatic carbocycles. The normalized spacial score (nSPS) is 15.8. The molecule has 1 aliphatic rings. The minimum Gasteiger partial charge on any atom is -0.494 e. The Kier molecular flexibility index (Phi) is 7.03. The molecule has 0 bridgehead atoms. The summed E-state index contributed by atoms with van der Waals surface area (Å²) in [6, 6.07) is 8.80. The molecule has 1 saturated heterocycles. The molecule has 2 amide bonds. The third kappa shape index (κ3) is 5.03. The number of pyridine rings is 1. The van der Waals surface area contributed by atoms with Gasteiger partial charge in [0.1, 0.15) is 11.8 Å². The van der Waals surface area contributed by atoms with Gasteiger partial charge in [0, 0.05) is 18.1 Å². The number of nitriles is 1. The molecule has 1 fully saturated rings. The summed E-state index contributed by atoms with van der Waals surface area (Å²) in [5, 5.41) is 15.5. The van der Waals surface area contributed by atoms with Gasteiger partial charge in [0.15, 0.2) is 7.98 Å². The summed E-state index contributed by atoms with van der Waals surface area (Å²) in [5.41, 5.74) is 1.11. The summed E-state index contributed by atoms with van der Waals surface area (Å²) in [6.07, 6.45) is 3.93. The van der Waals surface area contributed by atoms with Crippen molar-refractivity contribution in [1.29, 1.82) is 5.26 Å². The Labute approximate surface area is 170 Å². The Morgan fingerprint density at radius 1 is 1.38 bits per heavy atom. The quantitative estimate of drug-likeness (QED) is 0.496. The van der Waals surface area contributed by atoms with Gasteiger partial charge in [-0.25, -0.2) is 0 Å². The number of fused-ring (bicyclic) bond motifs is 1. The number of nitrogens with zero attached hydrogens (tertiary/aromatic N) is 3. The predicted molar refractivity (Wildman–Crippen MR) is 111 cm³/mol. The number of ether oxygens (including phenoxy) is 1. The lowest BCUT2D eigenvalue weighted by Gasteiger charge is -2.19. The first-order chi connectivity index (χ1) is 14.1. The van der Waals surface area contributed by atoms with Crippen molar-refractivity contribution in [1.82, 2.24) is 20.4 Å². The van der Waals surface area contributed by atoms with E-state index in [1.807, 2.05) is 20.1 Å². The molecular formula is C20H24BN5O3. The van der Waals surface area contributed by atoms with Crippen molar-refractivity contribution in [2.24, 2.45) is 0 Å². The highest BCUT2D eigenvalue weighted by atomic mass is 16.5. The van der Waals surface area contributed by atoms with Gasteiger partial charge in [-0.1, -0.05) is 0 Å². The van der Waals surface area contributed by atoms with Crippen LogP contribution in [0.1, 0.15) is 29.6 Å². The number of hydrogen-bond donors (Lipinski definition) is 2. The SMILES string of the molecule is BNCCCOc1ccc2nccc(C(=O)NCC(=O)N3CCC[C@H]3C#N)c2c1. The second-order valence-corrected chi connectivity index (χ2v) is 6.90. The smallest absolute Gasteiger partial charge is 0.252 e. The van der Waals surface area contributed by atoms with Crippen LogP contribution in [0.2, 0.25) is 0 Å². The molecule has 29 heavy (non-hydrogen) atoms. The highest BCUT2D eigenvalue weighted by Gasteiger charge is 2.28. The minimum atomic E-state index is -0.399. The third-order valence-corrected chi connectivity index (χ3v) is 4.92. The first-order valence-corrected chi connectivity index (χ1v) is 9.77. The standard InChI is InChI=1S/C20H24BN5O3/c21-25-7-2-10-29-15-4-5-18-17(11-15)16(6-8-23-18)20(28)24-13-19(27)26-9-1-3-14(26)12-22/h4-6,8,11,14,25H,1-3,7,9-10,13,21H2,(H,24,28)/t14-/m0/s1. The Hall–Kier alpha value is -3.12. The maximum Gasteiger partial charge on any atom is 0.252 e. The van der Waals surface area contributed by atoms with E-state index in [0.29, 0.717) is 41.8 Å². The lowest BCUT2D eigenvalue weighted by Crippen LogP contribution is -2.42. The molecule has 1 aromatic carbocycles. The summed E-state index contributed by atoms with van der Waals surface area (Å²) in [5.74, 6) is 0.0702. The molecule has 3 rings (SSSR count). The van der Waals surface area contributed by atoms with E-state index in [-0.39, 0.29) is 18.4 Å². The van der Waals surface area contributed by atoms with Crippen molar-refractivity contribution in [3.05, 3.63) is 36.0 Å². The van der Waals surface area contributed by atoms with Crippen LogP contribution in [-0.4, -0.2) is 62.0 Å². The zero-order chi connectivity index (χ0) is 20.6. The monoisotopic (exact) mass is 393 g/mol. The molecule has 0 unspecified atom stereocenters. The van der Waals surface area contributed by atoms with E-state index < -0.39 is 6.04 Å². The Morgan fingerprint density at radius 3 is 3.03 bits per heavy atom. The summed E-state index contributed by atoms with van der Waals surface area (Å²) in [6.45, 7) is 1.85. The number of carbonyl (C=O) groups excluding carboxylic acids is 2. The second-order valence-electron chi connectivity index (χ2n) is 6.90. The Balaban J connectivity index is 1.68. The van der Waals surface area contributed by atoms with Gasteiger partial charge in [-0.15, -0.1) is 0 Å². The van der Waals surface area contributed by atoms with Crippen LogP contribution in [0.4, 0.5) is 0 Å². The van der Waals surface area contributed by atoms with Crippen LogP contribution in [0.5, 0.6) is 5.75 Å². The highest BCUT2D eigenvalue weighted by molar-refractivity contribution is 6.07. The molecule has 150 valence electrons. The van der Waals surface area contributed by atoms with Gasteiger partial charge in [0.2, 0.25) is 5.91 Å². The number of amides is 2. The maximum absolute atomic E-state index is 12.7. The topological polar surface area (TPSA) is 107 Å². The van der Waals surface area contributed by atoms with E-state index in [9.17, 15) is 9.59 Å². The third-order valence-electron chi connectivity index (χ3n) is 4.92. The first-order valence-electron chi connectivity index (χ1n) is 9.77. The van der Waals surface area contributed by atoms with Crippen LogP contribution < -0.4 is 15.3 Å². The van der Waals surface area contributed by atoms with E-state index >= 15 is 0 Å². The van der Waals surface area contributed by atoms with E-state index in [0.717, 1.165) is 19.4 Å². The summed E-state index contributed by atoms with van der Waals surface area (Å²) in [4.78, 5) is 30.9. The van der Waals surface area contributed by atoms with Gasteiger partial charge in [-0.2, -0.15) is 5.26 Å². The van der Waals surface area contributed by atoms with Gasteiger partial charge in [0.05, 0.1) is 30.3 Å². The summed E-state index contributed by atoms with van der Waals surface area (Å²) < 4.78 is 5.75. The van der Waals surface area contributed by atoms with Crippen LogP contribution in [0.15, 0.2) is 30.5 Å². The minimum absolute atomic E-state index is 0.138. The van der Waals surface area contributed by atoms with Crippen LogP contribution in [-0.2, 0) is 4.79 Å². The average Bonchev–Trinajstić information content (AvgIpc) is 3.23. The molecular weight excluding hydrogens is 369 g/mol. The zero-order valence-corrected chi connectivity index (χ0v) is 16.5. The molecule has 2 heterocycles. The molecule has 2 aromatic rings. The molecule has 1 aromatic heterocycles. The van der Waals surface area contributed by atoms with Gasteiger partial charge in [0.25, 0.3) is 5.91 Å². The van der Waals surface area contributed by atoms with Crippen molar-refractivity contribution in [2.45, 2.75) is 25.3 Å². The fourth-order valence-corrected chi connectivity index (χ4v) is 3.40. The van der Waals surface area contributed by atoms with Crippen molar-refractivity contribution < 1.29 is 14.3 Å². The number of aromatic nitrogens is 1. The van der Waals surface area contributed by atoms with E-state index in [1.165, 1.54) is 4.90 Å². The van der Waals surface area contributed by atoms with Crippen molar-refractivity contribution >= 4 is 30.7 Å². The number of carbonyl (C=O) groups is 2. The number of nitrogens with one attached hydrogen (secondary N) is 2. The van der Waals surface area contributed by atoms with Gasteiger partial charge < -0.3 is 20.2 Å². The van der Waals surface area contributed by atoms with Crippen LogP contribution >= 0.6 is 0 Å². The number of benzene rings is 1. The van der Waals surface area contributed by atoms with E-state index in [4.69, 9.17) is 10.00 Å². The molecule has 2 N–H and O–H groups in total. The molecule has 1 atom stereocenters. The number of likely N-dealkylation sites (tertiary alicyclic amines) is 1. The second kappa shape index (κ2) is 9.89. The molecule has 0 spiro atoms. The van der Waals surface area contributed by atoms with Gasteiger partial charge in [-0.05, 0) is 50.1 Å². The lowest BCUT2D eigenvalue weighted by atomic mass is 10.1. The lowest BCUT2D eigenvalue weighted by molar-refractivity contribution is -0.130. The zero-order valence-electron chi connectivity index (χ0n) is 16.5. The van der Waals surface area contributed by atoms with Crippen molar-refractivity contribution in [3.63, 3.8) is 0 Å².